The average molecular weight is 309 g/mol. The maximum atomic E-state index is 12.2. The molecule has 118 valence electrons. The highest BCUT2D eigenvalue weighted by molar-refractivity contribution is 5.85. The number of carbonyl (C=O) groups excluding carboxylic acids is 1. The van der Waals surface area contributed by atoms with Crippen molar-refractivity contribution >= 4 is 22.9 Å². The van der Waals surface area contributed by atoms with Crippen LogP contribution in [0.3, 0.4) is 0 Å². The molecule has 3 atom stereocenters. The van der Waals surface area contributed by atoms with Gasteiger partial charge in [-0.15, -0.1) is 0 Å². The zero-order valence-electron chi connectivity index (χ0n) is 11.7. The van der Waals surface area contributed by atoms with Crippen LogP contribution in [-0.4, -0.2) is 54.3 Å². The van der Waals surface area contributed by atoms with Gasteiger partial charge >= 0.3 is 0 Å². The van der Waals surface area contributed by atoms with Gasteiger partial charge in [-0.3, -0.25) is 19.1 Å². The summed E-state index contributed by atoms with van der Waals surface area (Å²) in [4.78, 5) is 34.2. The third-order valence-corrected chi connectivity index (χ3v) is 3.81. The molecule has 3 heterocycles. The number of nitrogens with one attached hydrogen (secondary N) is 1. The Morgan fingerprint density at radius 2 is 2.41 bits per heavy atom. The molecule has 2 aromatic heterocycles. The van der Waals surface area contributed by atoms with Crippen LogP contribution in [-0.2, 0) is 15.3 Å². The van der Waals surface area contributed by atoms with Gasteiger partial charge in [-0.25, -0.2) is 4.98 Å². The second-order valence-electron chi connectivity index (χ2n) is 5.19. The fourth-order valence-electron chi connectivity index (χ4n) is 2.69. The van der Waals surface area contributed by atoms with Crippen LogP contribution in [0.5, 0.6) is 0 Å². The van der Waals surface area contributed by atoms with E-state index in [-0.39, 0.29) is 23.5 Å². The van der Waals surface area contributed by atoms with Crippen molar-refractivity contribution in [2.45, 2.75) is 31.3 Å². The quantitative estimate of drug-likeness (QED) is 0.511. The van der Waals surface area contributed by atoms with Crippen molar-refractivity contribution in [1.82, 2.24) is 19.5 Å². The lowest BCUT2D eigenvalue weighted by Crippen LogP contribution is -2.41. The predicted octanol–water partition coefficient (Wildman–Crippen LogP) is -1.91. The number of hydrogen-bond acceptors (Lipinski definition) is 8. The lowest BCUT2D eigenvalue weighted by atomic mass is 10.0. The highest BCUT2D eigenvalue weighted by Gasteiger charge is 2.51. The van der Waals surface area contributed by atoms with Crippen LogP contribution < -0.4 is 11.3 Å². The Morgan fingerprint density at radius 1 is 1.68 bits per heavy atom. The minimum Gasteiger partial charge on any atom is -0.394 e. The molecule has 1 fully saturated rings. The molecule has 10 heteroatoms. The van der Waals surface area contributed by atoms with Crippen molar-refractivity contribution in [1.29, 1.82) is 0 Å². The van der Waals surface area contributed by atoms with E-state index in [1.165, 1.54) is 17.8 Å². The number of ketones is 1. The molecule has 3 rings (SSSR count). The van der Waals surface area contributed by atoms with E-state index in [1.807, 2.05) is 0 Å². The molecule has 1 aliphatic rings. The van der Waals surface area contributed by atoms with Gasteiger partial charge in [-0.1, -0.05) is 0 Å². The molecular weight excluding hydrogens is 294 g/mol. The molecule has 0 saturated carbocycles. The van der Waals surface area contributed by atoms with Crippen molar-refractivity contribution in [3.05, 3.63) is 16.7 Å². The minimum absolute atomic E-state index is 0.000336. The fraction of sp³-hybridized carbons (Fsp3) is 0.500. The summed E-state index contributed by atoms with van der Waals surface area (Å²) in [5.41, 5.74) is 3.47. The number of anilines is 1. The van der Waals surface area contributed by atoms with E-state index in [2.05, 4.69) is 15.0 Å². The number of Topliss-reactive ketones (excluding diaryl/α,β-unsaturated/α-hetero) is 1. The molecule has 1 aliphatic heterocycles. The average Bonchev–Trinajstić information content (AvgIpc) is 3.00. The number of imidazole rings is 1. The molecule has 0 aromatic carbocycles. The number of aromatic nitrogens is 4. The fourth-order valence-corrected chi connectivity index (χ4v) is 2.69. The Kier molecular flexibility index (Phi) is 3.24. The van der Waals surface area contributed by atoms with Crippen LogP contribution >= 0.6 is 0 Å². The van der Waals surface area contributed by atoms with Crippen LogP contribution in [0.15, 0.2) is 11.1 Å². The highest BCUT2D eigenvalue weighted by atomic mass is 16.6. The van der Waals surface area contributed by atoms with E-state index < -0.39 is 35.9 Å². The number of rotatable bonds is 3. The summed E-state index contributed by atoms with van der Waals surface area (Å²) < 4.78 is 6.86. The lowest BCUT2D eigenvalue weighted by Gasteiger charge is -2.27. The van der Waals surface area contributed by atoms with E-state index in [1.54, 1.807) is 0 Å². The number of H-pyrrole nitrogens is 1. The smallest absolute Gasteiger partial charge is 0.280 e. The topological polar surface area (TPSA) is 156 Å². The van der Waals surface area contributed by atoms with Gasteiger partial charge in [-0.05, 0) is 6.92 Å². The zero-order chi connectivity index (χ0) is 16.1. The highest BCUT2D eigenvalue weighted by Crippen LogP contribution is 2.37. The van der Waals surface area contributed by atoms with Gasteiger partial charge in [0.1, 0.15) is 12.4 Å². The van der Waals surface area contributed by atoms with Gasteiger partial charge in [0.25, 0.3) is 5.56 Å². The van der Waals surface area contributed by atoms with E-state index in [0.29, 0.717) is 0 Å². The Morgan fingerprint density at radius 3 is 3.00 bits per heavy atom. The first-order valence-corrected chi connectivity index (χ1v) is 6.60. The first-order chi connectivity index (χ1) is 10.4. The number of fused-ring (bicyclic) bond motifs is 1. The lowest BCUT2D eigenvalue weighted by molar-refractivity contribution is -0.158. The zero-order valence-corrected chi connectivity index (χ0v) is 11.7. The number of aliphatic hydroxyl groups is 2. The van der Waals surface area contributed by atoms with Crippen molar-refractivity contribution in [3.8, 4) is 0 Å². The Labute approximate surface area is 123 Å². The molecule has 0 radical (unpaired) electrons. The number of nitrogens with two attached hydrogens (primary N) is 1. The number of carbonyl (C=O) groups is 1. The van der Waals surface area contributed by atoms with Gasteiger partial charge < -0.3 is 20.7 Å². The second kappa shape index (κ2) is 4.87. The summed E-state index contributed by atoms with van der Waals surface area (Å²) in [6.07, 6.45) is -0.806. The summed E-state index contributed by atoms with van der Waals surface area (Å²) in [6, 6.07) is 0. The SMILES string of the molecule is CC(=O)[C@]1(n2cnc3c(=O)[nH]c(N)nc32)C[C@H](O)[C@@H](CO)O1. The van der Waals surface area contributed by atoms with Gasteiger partial charge in [-0.2, -0.15) is 4.98 Å². The van der Waals surface area contributed by atoms with Crippen molar-refractivity contribution in [3.63, 3.8) is 0 Å². The number of hydrogen-bond donors (Lipinski definition) is 4. The van der Waals surface area contributed by atoms with E-state index in [9.17, 15) is 19.8 Å². The molecule has 0 bridgehead atoms. The maximum absolute atomic E-state index is 12.2. The molecule has 0 aliphatic carbocycles. The molecule has 0 spiro atoms. The maximum Gasteiger partial charge on any atom is 0.280 e. The summed E-state index contributed by atoms with van der Waals surface area (Å²) in [6.45, 7) is 0.841. The number of aliphatic hydroxyl groups excluding tert-OH is 2. The molecule has 22 heavy (non-hydrogen) atoms. The normalized spacial score (nSPS) is 28.3. The summed E-state index contributed by atoms with van der Waals surface area (Å²) in [7, 11) is 0. The molecule has 1 saturated heterocycles. The van der Waals surface area contributed by atoms with E-state index in [4.69, 9.17) is 10.5 Å². The van der Waals surface area contributed by atoms with Crippen LogP contribution in [0.25, 0.3) is 11.2 Å². The van der Waals surface area contributed by atoms with Crippen molar-refractivity contribution < 1.29 is 19.7 Å². The van der Waals surface area contributed by atoms with Gasteiger partial charge in [0, 0.05) is 6.42 Å². The summed E-state index contributed by atoms with van der Waals surface area (Å²) in [5.74, 6) is -0.544. The van der Waals surface area contributed by atoms with Crippen LogP contribution in [0.2, 0.25) is 0 Å². The van der Waals surface area contributed by atoms with Gasteiger partial charge in [0.05, 0.1) is 12.7 Å². The molecular formula is C12H15N5O5. The van der Waals surface area contributed by atoms with Crippen LogP contribution in [0.4, 0.5) is 5.95 Å². The summed E-state index contributed by atoms with van der Waals surface area (Å²) in [5, 5.41) is 19.2. The Bertz CT molecular complexity index is 799. The first-order valence-electron chi connectivity index (χ1n) is 6.60. The van der Waals surface area contributed by atoms with Crippen molar-refractivity contribution in [2.24, 2.45) is 0 Å². The minimum atomic E-state index is -1.59. The number of nitrogens with zero attached hydrogens (tertiary/aromatic N) is 3. The van der Waals surface area contributed by atoms with E-state index in [0.717, 1.165) is 0 Å². The molecule has 0 amide bonds. The number of ether oxygens (including phenoxy) is 1. The van der Waals surface area contributed by atoms with Gasteiger partial charge in [0.15, 0.2) is 16.9 Å². The molecule has 10 nitrogen and oxygen atoms in total. The second-order valence-corrected chi connectivity index (χ2v) is 5.19. The van der Waals surface area contributed by atoms with Crippen molar-refractivity contribution in [2.75, 3.05) is 12.3 Å². The molecule has 0 unspecified atom stereocenters. The third kappa shape index (κ3) is 1.92. The standard InChI is InChI=1S/C12H15N5O5/c1-5(19)12(2-6(20)7(3-18)22-12)17-4-14-8-9(17)15-11(13)16-10(8)21/h4,6-7,18,20H,2-3H2,1H3,(H3,13,15,16,21)/t6-,7+,12-/m0/s1. The largest absolute Gasteiger partial charge is 0.394 e. The number of aromatic amines is 1. The molecule has 5 N–H and O–H groups in total. The summed E-state index contributed by atoms with van der Waals surface area (Å²) >= 11 is 0. The predicted molar refractivity (Wildman–Crippen MR) is 73.8 cm³/mol. The Hall–Kier alpha value is -2.30. The molecule has 2 aromatic rings. The van der Waals surface area contributed by atoms with E-state index >= 15 is 0 Å². The number of nitrogen functional groups attached to an aromatic ring is 1. The Balaban J connectivity index is 2.23. The monoisotopic (exact) mass is 309 g/mol. The van der Waals surface area contributed by atoms with Crippen LogP contribution in [0.1, 0.15) is 13.3 Å². The third-order valence-electron chi connectivity index (χ3n) is 3.81. The van der Waals surface area contributed by atoms with Crippen LogP contribution in [0, 0.1) is 0 Å². The van der Waals surface area contributed by atoms with Gasteiger partial charge in [0.2, 0.25) is 11.7 Å². The first kappa shape index (κ1) is 14.6.